The number of hydrogen-bond donors (Lipinski definition) is 0. The average Bonchev–Trinajstić information content (AvgIpc) is 2.64. The summed E-state index contributed by atoms with van der Waals surface area (Å²) in [5.41, 5.74) is 1.16. The van der Waals surface area contributed by atoms with Crippen molar-refractivity contribution in [3.63, 3.8) is 0 Å². The van der Waals surface area contributed by atoms with E-state index >= 15 is 0 Å². The molecule has 0 N–H and O–H groups in total. The van der Waals surface area contributed by atoms with Crippen molar-refractivity contribution in [1.82, 2.24) is 9.97 Å². The number of carbonyl (C=O) groups is 2. The molecule has 2 rings (SSSR count). The third-order valence-corrected chi connectivity index (χ3v) is 3.15. The largest absolute Gasteiger partial charge is 0.462 e. The van der Waals surface area contributed by atoms with E-state index in [0.29, 0.717) is 24.6 Å². The molecule has 0 atom stereocenters. The van der Waals surface area contributed by atoms with Crippen LogP contribution in [0.5, 0.6) is 0 Å². The van der Waals surface area contributed by atoms with Gasteiger partial charge in [0, 0.05) is 12.4 Å². The molecule has 126 valence electrons. The van der Waals surface area contributed by atoms with E-state index in [1.807, 2.05) is 13.8 Å². The second kappa shape index (κ2) is 8.76. The minimum atomic E-state index is -0.488. The minimum Gasteiger partial charge on any atom is -0.462 e. The van der Waals surface area contributed by atoms with E-state index in [1.165, 1.54) is 0 Å². The highest BCUT2D eigenvalue weighted by Gasteiger charge is 2.21. The first kappa shape index (κ1) is 17.6. The van der Waals surface area contributed by atoms with Crippen LogP contribution in [0, 0.1) is 0 Å². The summed E-state index contributed by atoms with van der Waals surface area (Å²) in [4.78, 5) is 33.0. The molecule has 0 amide bonds. The van der Waals surface area contributed by atoms with Crippen molar-refractivity contribution in [2.24, 2.45) is 0 Å². The molecule has 2 aromatic rings. The van der Waals surface area contributed by atoms with E-state index in [2.05, 4.69) is 9.97 Å². The van der Waals surface area contributed by atoms with Gasteiger partial charge >= 0.3 is 11.9 Å². The number of nitrogens with zero attached hydrogens (tertiary/aromatic N) is 2. The highest BCUT2D eigenvalue weighted by molar-refractivity contribution is 6.01. The Kier molecular flexibility index (Phi) is 6.42. The maximum atomic E-state index is 12.2. The quantitative estimate of drug-likeness (QED) is 0.726. The zero-order valence-electron chi connectivity index (χ0n) is 13.8. The lowest BCUT2D eigenvalue weighted by atomic mass is 10.1. The van der Waals surface area contributed by atoms with E-state index < -0.39 is 11.9 Å². The van der Waals surface area contributed by atoms with Crippen LogP contribution in [0.15, 0.2) is 36.7 Å². The van der Waals surface area contributed by atoms with Gasteiger partial charge in [-0.1, -0.05) is 13.8 Å². The predicted octanol–water partition coefficient (Wildman–Crippen LogP) is 3.28. The maximum absolute atomic E-state index is 12.2. The zero-order valence-corrected chi connectivity index (χ0v) is 13.8. The molecule has 0 aromatic carbocycles. The molecule has 2 heterocycles. The molecular formula is C18H20N2O4. The van der Waals surface area contributed by atoms with Crippen LogP contribution in [0.25, 0.3) is 11.4 Å². The lowest BCUT2D eigenvalue weighted by molar-refractivity contribution is 0.0493. The number of ether oxygens (including phenoxy) is 2. The van der Waals surface area contributed by atoms with Crippen LogP contribution >= 0.6 is 0 Å². The molecule has 6 nitrogen and oxygen atoms in total. The second-order valence-electron chi connectivity index (χ2n) is 5.07. The van der Waals surface area contributed by atoms with Crippen LogP contribution in [0.1, 0.15) is 47.4 Å². The van der Waals surface area contributed by atoms with Crippen molar-refractivity contribution in [3.8, 4) is 11.4 Å². The van der Waals surface area contributed by atoms with Gasteiger partial charge in [0.2, 0.25) is 0 Å². The van der Waals surface area contributed by atoms with Gasteiger partial charge in [-0.2, -0.15) is 0 Å². The fourth-order valence-electron chi connectivity index (χ4n) is 2.06. The predicted molar refractivity (Wildman–Crippen MR) is 88.6 cm³/mol. The average molecular weight is 328 g/mol. The molecule has 6 heteroatoms. The Bertz CT molecular complexity index is 654. The summed E-state index contributed by atoms with van der Waals surface area (Å²) in [6.45, 7) is 4.47. The molecule has 0 saturated heterocycles. The molecular weight excluding hydrogens is 308 g/mol. The van der Waals surface area contributed by atoms with Crippen LogP contribution < -0.4 is 0 Å². The Balaban J connectivity index is 2.42. The van der Waals surface area contributed by atoms with Gasteiger partial charge in [0.25, 0.3) is 0 Å². The normalized spacial score (nSPS) is 10.2. The molecule has 0 aliphatic rings. The molecule has 24 heavy (non-hydrogen) atoms. The third-order valence-electron chi connectivity index (χ3n) is 3.15. The Morgan fingerprint density at radius 1 is 0.833 bits per heavy atom. The molecule has 0 radical (unpaired) electrons. The van der Waals surface area contributed by atoms with Crippen molar-refractivity contribution >= 4 is 11.9 Å². The summed E-state index contributed by atoms with van der Waals surface area (Å²) in [6, 6.07) is 6.50. The SMILES string of the molecule is CCCOC(=O)c1cccnc1-c1ncccc1C(=O)OCCC. The Morgan fingerprint density at radius 3 is 1.62 bits per heavy atom. The summed E-state index contributed by atoms with van der Waals surface area (Å²) in [7, 11) is 0. The number of hydrogen-bond acceptors (Lipinski definition) is 6. The Hall–Kier alpha value is -2.76. The highest BCUT2D eigenvalue weighted by atomic mass is 16.5. The second-order valence-corrected chi connectivity index (χ2v) is 5.07. The number of aromatic nitrogens is 2. The zero-order chi connectivity index (χ0) is 17.4. The summed E-state index contributed by atoms with van der Waals surface area (Å²) in [5.74, 6) is -0.975. The van der Waals surface area contributed by atoms with Gasteiger partial charge in [-0.3, -0.25) is 9.97 Å². The van der Waals surface area contributed by atoms with Gasteiger partial charge in [0.15, 0.2) is 0 Å². The van der Waals surface area contributed by atoms with E-state index in [4.69, 9.17) is 9.47 Å². The molecule has 0 unspecified atom stereocenters. The van der Waals surface area contributed by atoms with Crippen LogP contribution in [0.4, 0.5) is 0 Å². The molecule has 0 aliphatic carbocycles. The van der Waals surface area contributed by atoms with Crippen LogP contribution in [-0.4, -0.2) is 35.1 Å². The first-order chi connectivity index (χ1) is 11.7. The van der Waals surface area contributed by atoms with Gasteiger partial charge < -0.3 is 9.47 Å². The van der Waals surface area contributed by atoms with Gasteiger partial charge in [-0.15, -0.1) is 0 Å². The first-order valence-corrected chi connectivity index (χ1v) is 7.93. The molecule has 2 aromatic heterocycles. The Labute approximate surface area is 140 Å². The summed E-state index contributed by atoms with van der Waals surface area (Å²) in [5, 5.41) is 0. The highest BCUT2D eigenvalue weighted by Crippen LogP contribution is 2.24. The monoisotopic (exact) mass is 328 g/mol. The van der Waals surface area contributed by atoms with Crippen molar-refractivity contribution in [2.75, 3.05) is 13.2 Å². The third kappa shape index (κ3) is 4.16. The topological polar surface area (TPSA) is 78.4 Å². The van der Waals surface area contributed by atoms with Crippen molar-refractivity contribution in [1.29, 1.82) is 0 Å². The van der Waals surface area contributed by atoms with E-state index in [9.17, 15) is 9.59 Å². The number of carbonyl (C=O) groups excluding carboxylic acids is 2. The molecule has 0 saturated carbocycles. The molecule has 0 fully saturated rings. The van der Waals surface area contributed by atoms with E-state index in [0.717, 1.165) is 12.8 Å². The molecule has 0 aliphatic heterocycles. The van der Waals surface area contributed by atoms with Crippen LogP contribution in [0.2, 0.25) is 0 Å². The fourth-order valence-corrected chi connectivity index (χ4v) is 2.06. The number of pyridine rings is 2. The first-order valence-electron chi connectivity index (χ1n) is 7.93. The molecule has 0 bridgehead atoms. The smallest absolute Gasteiger partial charge is 0.340 e. The van der Waals surface area contributed by atoms with Crippen molar-refractivity contribution in [2.45, 2.75) is 26.7 Å². The summed E-state index contributed by atoms with van der Waals surface area (Å²) in [6.07, 6.45) is 4.53. The lowest BCUT2D eigenvalue weighted by Crippen LogP contribution is -2.12. The minimum absolute atomic E-state index is 0.272. The fraction of sp³-hybridized carbons (Fsp3) is 0.333. The Morgan fingerprint density at radius 2 is 1.25 bits per heavy atom. The summed E-state index contributed by atoms with van der Waals surface area (Å²) >= 11 is 0. The summed E-state index contributed by atoms with van der Waals surface area (Å²) < 4.78 is 10.4. The van der Waals surface area contributed by atoms with Gasteiger partial charge in [0.1, 0.15) is 11.4 Å². The maximum Gasteiger partial charge on any atom is 0.340 e. The van der Waals surface area contributed by atoms with Gasteiger partial charge in [-0.25, -0.2) is 9.59 Å². The molecule has 0 spiro atoms. The van der Waals surface area contributed by atoms with Crippen LogP contribution in [0.3, 0.4) is 0 Å². The van der Waals surface area contributed by atoms with Crippen molar-refractivity contribution < 1.29 is 19.1 Å². The van der Waals surface area contributed by atoms with Gasteiger partial charge in [-0.05, 0) is 37.1 Å². The number of esters is 2. The van der Waals surface area contributed by atoms with Crippen LogP contribution in [-0.2, 0) is 9.47 Å². The van der Waals surface area contributed by atoms with Crippen molar-refractivity contribution in [3.05, 3.63) is 47.8 Å². The lowest BCUT2D eigenvalue weighted by Gasteiger charge is -2.11. The van der Waals surface area contributed by atoms with E-state index in [-0.39, 0.29) is 11.1 Å². The number of rotatable bonds is 7. The van der Waals surface area contributed by atoms with Gasteiger partial charge in [0.05, 0.1) is 24.3 Å². The standard InChI is InChI=1S/C18H20N2O4/c1-3-11-23-17(21)13-7-5-9-19-15(13)16-14(8-6-10-20-16)18(22)24-12-4-2/h5-10H,3-4,11-12H2,1-2H3. The van der Waals surface area contributed by atoms with E-state index in [1.54, 1.807) is 36.7 Å².